The first-order valence-electron chi connectivity index (χ1n) is 3.97. The number of aliphatic hydroxyl groups is 1. The highest BCUT2D eigenvalue weighted by atomic mass is 16.3. The van der Waals surface area contributed by atoms with Gasteiger partial charge < -0.3 is 10.4 Å². The van der Waals surface area contributed by atoms with Gasteiger partial charge in [-0.25, -0.2) is 0 Å². The molecule has 2 atom stereocenters. The van der Waals surface area contributed by atoms with Gasteiger partial charge in [0.05, 0.1) is 0 Å². The second-order valence-corrected chi connectivity index (χ2v) is 4.17. The van der Waals surface area contributed by atoms with Crippen LogP contribution in [0.5, 0.6) is 0 Å². The maximum absolute atomic E-state index is 9.01. The lowest BCUT2D eigenvalue weighted by molar-refractivity contribution is 0.238. The van der Waals surface area contributed by atoms with Crippen LogP contribution in [0.4, 0.5) is 0 Å². The van der Waals surface area contributed by atoms with E-state index < -0.39 is 0 Å². The summed E-state index contributed by atoms with van der Waals surface area (Å²) in [5.74, 6) is 0.557. The molecule has 2 fully saturated rings. The van der Waals surface area contributed by atoms with Crippen LogP contribution in [0, 0.1) is 16.7 Å². The molecular formula is C8H15NO. The maximum atomic E-state index is 9.01. The molecule has 2 unspecified atom stereocenters. The Morgan fingerprint density at radius 1 is 1.40 bits per heavy atom. The number of aliphatic hydroxyl groups excluding tert-OH is 1. The Kier molecular flexibility index (Phi) is 1.03. The van der Waals surface area contributed by atoms with Gasteiger partial charge in [-0.05, 0) is 16.7 Å². The van der Waals surface area contributed by atoms with Crippen molar-refractivity contribution in [2.45, 2.75) is 13.8 Å². The molecule has 0 spiro atoms. The van der Waals surface area contributed by atoms with E-state index in [4.69, 9.17) is 5.11 Å². The molecule has 1 aliphatic carbocycles. The number of nitrogens with one attached hydrogen (secondary N) is 1. The zero-order valence-corrected chi connectivity index (χ0v) is 6.65. The molecule has 1 heterocycles. The summed E-state index contributed by atoms with van der Waals surface area (Å²) in [4.78, 5) is 0. The van der Waals surface area contributed by atoms with E-state index in [-0.39, 0.29) is 0 Å². The summed E-state index contributed by atoms with van der Waals surface area (Å²) in [6, 6.07) is 0. The number of hydrogen-bond acceptors (Lipinski definition) is 2. The molecule has 2 N–H and O–H groups in total. The molecule has 0 aromatic rings. The van der Waals surface area contributed by atoms with Crippen LogP contribution in [-0.2, 0) is 0 Å². The van der Waals surface area contributed by atoms with Crippen LogP contribution < -0.4 is 5.32 Å². The lowest BCUT2D eigenvalue weighted by Gasteiger charge is -2.05. The second-order valence-electron chi connectivity index (χ2n) is 4.17. The summed E-state index contributed by atoms with van der Waals surface area (Å²) in [7, 11) is 0. The summed E-state index contributed by atoms with van der Waals surface area (Å²) >= 11 is 0. The summed E-state index contributed by atoms with van der Waals surface area (Å²) in [5, 5.41) is 12.4. The van der Waals surface area contributed by atoms with E-state index in [0.717, 1.165) is 13.1 Å². The van der Waals surface area contributed by atoms with Crippen LogP contribution in [0.3, 0.4) is 0 Å². The smallest absolute Gasteiger partial charge is 0.0471 e. The number of piperidine rings is 1. The molecular weight excluding hydrogens is 126 g/mol. The fourth-order valence-corrected chi connectivity index (χ4v) is 2.71. The van der Waals surface area contributed by atoms with Crippen molar-refractivity contribution in [2.24, 2.45) is 16.7 Å². The van der Waals surface area contributed by atoms with Crippen LogP contribution in [0.2, 0.25) is 0 Å². The molecule has 0 bridgehead atoms. The molecule has 0 radical (unpaired) electrons. The summed E-state index contributed by atoms with van der Waals surface area (Å²) in [6.07, 6.45) is 0. The molecule has 58 valence electrons. The Labute approximate surface area is 61.6 Å². The van der Waals surface area contributed by atoms with Gasteiger partial charge in [0.2, 0.25) is 0 Å². The van der Waals surface area contributed by atoms with Crippen molar-refractivity contribution in [1.82, 2.24) is 5.32 Å². The van der Waals surface area contributed by atoms with Gasteiger partial charge in [0.15, 0.2) is 0 Å². The molecule has 10 heavy (non-hydrogen) atoms. The highest BCUT2D eigenvalue weighted by Crippen LogP contribution is 2.70. The molecule has 1 aliphatic heterocycles. The van der Waals surface area contributed by atoms with Crippen molar-refractivity contribution < 1.29 is 5.11 Å². The largest absolute Gasteiger partial charge is 0.396 e. The number of rotatable bonds is 1. The van der Waals surface area contributed by atoms with Crippen molar-refractivity contribution in [1.29, 1.82) is 0 Å². The molecule has 0 aromatic carbocycles. The van der Waals surface area contributed by atoms with Crippen molar-refractivity contribution in [3.63, 3.8) is 0 Å². The van der Waals surface area contributed by atoms with Gasteiger partial charge in [-0.15, -0.1) is 0 Å². The number of hydrogen-bond donors (Lipinski definition) is 2. The minimum Gasteiger partial charge on any atom is -0.396 e. The number of fused-ring (bicyclic) bond motifs is 1. The minimum atomic E-state index is 0.370. The zero-order chi connectivity index (χ0) is 7.41. The average Bonchev–Trinajstić information content (AvgIpc) is 2.11. The molecule has 1 saturated carbocycles. The van der Waals surface area contributed by atoms with Gasteiger partial charge in [-0.3, -0.25) is 0 Å². The predicted octanol–water partition coefficient (Wildman–Crippen LogP) is 0.224. The van der Waals surface area contributed by atoms with Gasteiger partial charge in [0, 0.05) is 19.7 Å². The average molecular weight is 141 g/mol. The summed E-state index contributed by atoms with van der Waals surface area (Å²) in [6.45, 7) is 7.10. The quantitative estimate of drug-likeness (QED) is 0.547. The molecule has 2 rings (SSSR count). The minimum absolute atomic E-state index is 0.370. The van der Waals surface area contributed by atoms with E-state index in [9.17, 15) is 0 Å². The van der Waals surface area contributed by atoms with Gasteiger partial charge in [-0.1, -0.05) is 13.8 Å². The van der Waals surface area contributed by atoms with Crippen molar-refractivity contribution in [3.05, 3.63) is 0 Å². The van der Waals surface area contributed by atoms with E-state index in [1.165, 1.54) is 0 Å². The Hall–Kier alpha value is -0.0800. The van der Waals surface area contributed by atoms with E-state index in [1.54, 1.807) is 0 Å². The highest BCUT2D eigenvalue weighted by molar-refractivity contribution is 5.22. The summed E-state index contributed by atoms with van der Waals surface area (Å²) < 4.78 is 0. The first-order valence-corrected chi connectivity index (χ1v) is 3.97. The third kappa shape index (κ3) is 0.453. The maximum Gasteiger partial charge on any atom is 0.0471 e. The van der Waals surface area contributed by atoms with Crippen LogP contribution in [0.15, 0.2) is 0 Å². The van der Waals surface area contributed by atoms with E-state index in [2.05, 4.69) is 19.2 Å². The SMILES string of the molecule is CC12CNCC1(C)C2CO. The Bertz CT molecular complexity index is 155. The van der Waals surface area contributed by atoms with E-state index >= 15 is 0 Å². The van der Waals surface area contributed by atoms with Gasteiger partial charge >= 0.3 is 0 Å². The highest BCUT2D eigenvalue weighted by Gasteiger charge is 2.72. The second kappa shape index (κ2) is 1.56. The standard InChI is InChI=1S/C8H15NO/c1-7-4-9-5-8(7,2)6(7)3-10/h6,9-10H,3-5H2,1-2H3. The first-order chi connectivity index (χ1) is 4.65. The Morgan fingerprint density at radius 2 is 1.90 bits per heavy atom. The normalized spacial score (nSPS) is 58.5. The molecule has 0 amide bonds. The first kappa shape index (κ1) is 6.62. The van der Waals surface area contributed by atoms with Crippen LogP contribution in [-0.4, -0.2) is 24.8 Å². The van der Waals surface area contributed by atoms with Gasteiger partial charge in [0.25, 0.3) is 0 Å². The lowest BCUT2D eigenvalue weighted by atomic mass is 10.0. The fourth-order valence-electron chi connectivity index (χ4n) is 2.71. The van der Waals surface area contributed by atoms with Crippen LogP contribution >= 0.6 is 0 Å². The predicted molar refractivity (Wildman–Crippen MR) is 39.7 cm³/mol. The van der Waals surface area contributed by atoms with E-state index in [1.807, 2.05) is 0 Å². The topological polar surface area (TPSA) is 32.3 Å². The van der Waals surface area contributed by atoms with Crippen molar-refractivity contribution in [2.75, 3.05) is 19.7 Å². The molecule has 0 aromatic heterocycles. The van der Waals surface area contributed by atoms with Crippen LogP contribution in [0.25, 0.3) is 0 Å². The monoisotopic (exact) mass is 141 g/mol. The third-order valence-corrected chi connectivity index (χ3v) is 3.93. The molecule has 2 aliphatic rings. The Balaban J connectivity index is 2.21. The van der Waals surface area contributed by atoms with E-state index in [0.29, 0.717) is 23.4 Å². The van der Waals surface area contributed by atoms with Crippen molar-refractivity contribution in [3.8, 4) is 0 Å². The third-order valence-electron chi connectivity index (χ3n) is 3.93. The van der Waals surface area contributed by atoms with Crippen molar-refractivity contribution >= 4 is 0 Å². The van der Waals surface area contributed by atoms with Crippen LogP contribution in [0.1, 0.15) is 13.8 Å². The fraction of sp³-hybridized carbons (Fsp3) is 1.00. The lowest BCUT2D eigenvalue weighted by Crippen LogP contribution is -2.21. The molecule has 2 heteroatoms. The van der Waals surface area contributed by atoms with Gasteiger partial charge in [-0.2, -0.15) is 0 Å². The van der Waals surface area contributed by atoms with Gasteiger partial charge in [0.1, 0.15) is 0 Å². The Morgan fingerprint density at radius 3 is 2.20 bits per heavy atom. The molecule has 1 saturated heterocycles. The summed E-state index contributed by atoms with van der Waals surface area (Å²) in [5.41, 5.74) is 0.809. The zero-order valence-electron chi connectivity index (χ0n) is 6.65. The molecule has 2 nitrogen and oxygen atoms in total.